The van der Waals surface area contributed by atoms with Crippen molar-refractivity contribution in [1.29, 1.82) is 0 Å². The number of benzene rings is 3. The van der Waals surface area contributed by atoms with Crippen molar-refractivity contribution in [2.75, 3.05) is 0 Å². The Bertz CT molecular complexity index is 1410. The highest BCUT2D eigenvalue weighted by Gasteiger charge is 2.50. The normalized spacial score (nSPS) is 13.7. The SMILES string of the molecule is CC(=O)N[C@@H](CCC(C)(C)[Si](O)(c1ccccc1)c1ccccc1)C(=O)N[C@@H](CC(C)C)C(=O)N[C@@H](Cc1ccccc1)C(=O)O. The van der Waals surface area contributed by atoms with Crippen molar-refractivity contribution in [2.45, 2.75) is 83.5 Å². The molecule has 0 aromatic heterocycles. The molecule has 0 aliphatic heterocycles. The number of carbonyl (C=O) groups is 4. The average molecular weight is 646 g/mol. The molecule has 0 fully saturated rings. The molecule has 3 aromatic rings. The molecule has 3 atom stereocenters. The molecule has 3 amide bonds. The number of aliphatic carboxylic acids is 1. The van der Waals surface area contributed by atoms with Gasteiger partial charge in [0, 0.05) is 13.3 Å². The molecule has 3 aromatic carbocycles. The molecule has 0 heterocycles. The van der Waals surface area contributed by atoms with Crippen LogP contribution in [0.2, 0.25) is 5.04 Å². The second kappa shape index (κ2) is 16.3. The van der Waals surface area contributed by atoms with Crippen LogP contribution in [0, 0.1) is 5.92 Å². The lowest BCUT2D eigenvalue weighted by atomic mass is 9.99. The van der Waals surface area contributed by atoms with Crippen LogP contribution in [0.4, 0.5) is 0 Å². The Morgan fingerprint density at radius 1 is 0.717 bits per heavy atom. The molecule has 0 unspecified atom stereocenters. The van der Waals surface area contributed by atoms with Crippen LogP contribution in [0.3, 0.4) is 0 Å². The van der Waals surface area contributed by atoms with E-state index < -0.39 is 55.2 Å². The minimum Gasteiger partial charge on any atom is -0.480 e. The van der Waals surface area contributed by atoms with Crippen LogP contribution < -0.4 is 26.3 Å². The summed E-state index contributed by atoms with van der Waals surface area (Å²) in [6, 6.07) is 24.9. The Morgan fingerprint density at radius 3 is 1.63 bits per heavy atom. The van der Waals surface area contributed by atoms with E-state index in [4.69, 9.17) is 0 Å². The lowest BCUT2D eigenvalue weighted by Crippen LogP contribution is -2.65. The predicted molar refractivity (Wildman–Crippen MR) is 182 cm³/mol. The fourth-order valence-corrected chi connectivity index (χ4v) is 9.56. The van der Waals surface area contributed by atoms with Gasteiger partial charge in [-0.1, -0.05) is 119 Å². The molecule has 3 rings (SSSR count). The third-order valence-corrected chi connectivity index (χ3v) is 12.9. The van der Waals surface area contributed by atoms with Gasteiger partial charge in [-0.3, -0.25) is 14.4 Å². The molecule has 246 valence electrons. The third-order valence-electron chi connectivity index (χ3n) is 8.35. The van der Waals surface area contributed by atoms with Crippen molar-refractivity contribution < 1.29 is 29.1 Å². The summed E-state index contributed by atoms with van der Waals surface area (Å²) in [7, 11) is -3.37. The highest BCUT2D eigenvalue weighted by molar-refractivity contribution is 6.98. The van der Waals surface area contributed by atoms with Gasteiger partial charge in [0.1, 0.15) is 18.1 Å². The van der Waals surface area contributed by atoms with Gasteiger partial charge in [-0.05, 0) is 46.2 Å². The molecule has 46 heavy (non-hydrogen) atoms. The van der Waals surface area contributed by atoms with Crippen molar-refractivity contribution in [3.05, 3.63) is 96.6 Å². The van der Waals surface area contributed by atoms with Gasteiger partial charge < -0.3 is 25.9 Å². The summed E-state index contributed by atoms with van der Waals surface area (Å²) in [4.78, 5) is 63.9. The van der Waals surface area contributed by atoms with Crippen LogP contribution in [-0.2, 0) is 25.6 Å². The van der Waals surface area contributed by atoms with E-state index in [1.165, 1.54) is 6.92 Å². The molecule has 9 nitrogen and oxygen atoms in total. The van der Waals surface area contributed by atoms with Gasteiger partial charge >= 0.3 is 5.97 Å². The highest BCUT2D eigenvalue weighted by Crippen LogP contribution is 2.40. The Kier molecular flexibility index (Phi) is 12.8. The number of amides is 3. The Balaban J connectivity index is 1.82. The zero-order chi connectivity index (χ0) is 33.9. The van der Waals surface area contributed by atoms with Crippen molar-refractivity contribution in [2.24, 2.45) is 5.92 Å². The van der Waals surface area contributed by atoms with E-state index in [-0.39, 0.29) is 25.2 Å². The zero-order valence-corrected chi connectivity index (χ0v) is 28.3. The van der Waals surface area contributed by atoms with Gasteiger partial charge in [-0.15, -0.1) is 0 Å². The van der Waals surface area contributed by atoms with Crippen LogP contribution in [0.25, 0.3) is 0 Å². The maximum absolute atomic E-state index is 13.7. The van der Waals surface area contributed by atoms with Gasteiger partial charge in [0.25, 0.3) is 8.32 Å². The number of carbonyl (C=O) groups excluding carboxylic acids is 3. The fourth-order valence-electron chi connectivity index (χ4n) is 5.80. The molecule has 5 N–H and O–H groups in total. The first-order valence-electron chi connectivity index (χ1n) is 15.7. The quantitative estimate of drug-likeness (QED) is 0.152. The summed E-state index contributed by atoms with van der Waals surface area (Å²) in [6.07, 6.45) is 0.942. The lowest BCUT2D eigenvalue weighted by molar-refractivity contribution is -0.142. The Labute approximate surface area is 273 Å². The summed E-state index contributed by atoms with van der Waals surface area (Å²) in [5.41, 5.74) is 0.752. The van der Waals surface area contributed by atoms with E-state index in [1.807, 2.05) is 94.4 Å². The first-order valence-corrected chi connectivity index (χ1v) is 17.7. The molecular weight excluding hydrogens is 598 g/mol. The smallest absolute Gasteiger partial charge is 0.326 e. The summed E-state index contributed by atoms with van der Waals surface area (Å²) >= 11 is 0. The minimum absolute atomic E-state index is 0.00403. The molecule has 10 heteroatoms. The van der Waals surface area contributed by atoms with Gasteiger partial charge in [0.2, 0.25) is 17.7 Å². The molecule has 0 radical (unpaired) electrons. The summed E-state index contributed by atoms with van der Waals surface area (Å²) in [6.45, 7) is 9.09. The van der Waals surface area contributed by atoms with Crippen LogP contribution in [0.5, 0.6) is 0 Å². The van der Waals surface area contributed by atoms with Crippen molar-refractivity contribution in [3.8, 4) is 0 Å². The van der Waals surface area contributed by atoms with E-state index in [1.54, 1.807) is 24.3 Å². The minimum atomic E-state index is -3.37. The number of carboxylic acid groups (broad SMARTS) is 1. The number of hydrogen-bond donors (Lipinski definition) is 5. The standard InChI is InChI=1S/C36H47N3O6Si/c1-25(2)23-31(34(42)39-32(35(43)44)24-27-15-9-6-10-16-27)38-33(41)30(37-26(3)40)21-22-36(4,5)46(45,28-17-11-7-12-18-28)29-19-13-8-14-20-29/h6-20,25,30-32,45H,21-24H2,1-5H3,(H,37,40)(H,38,41)(H,39,42)(H,43,44)/t30-,31-,32-/m0/s1. The average Bonchev–Trinajstić information content (AvgIpc) is 3.02. The number of hydrogen-bond acceptors (Lipinski definition) is 5. The van der Waals surface area contributed by atoms with Crippen LogP contribution in [0.15, 0.2) is 91.0 Å². The third kappa shape index (κ3) is 9.61. The predicted octanol–water partition coefficient (Wildman–Crippen LogP) is 3.15. The summed E-state index contributed by atoms with van der Waals surface area (Å²) in [5.74, 6) is -2.74. The monoisotopic (exact) mass is 645 g/mol. The molecule has 0 aliphatic carbocycles. The number of nitrogens with one attached hydrogen (secondary N) is 3. The molecule has 0 bridgehead atoms. The van der Waals surface area contributed by atoms with Gasteiger partial charge in [-0.2, -0.15) is 0 Å². The maximum atomic E-state index is 13.7. The molecule has 0 spiro atoms. The maximum Gasteiger partial charge on any atom is 0.326 e. The second-order valence-corrected chi connectivity index (χ2v) is 16.8. The van der Waals surface area contributed by atoms with Crippen LogP contribution in [0.1, 0.15) is 59.4 Å². The van der Waals surface area contributed by atoms with E-state index in [2.05, 4.69) is 16.0 Å². The van der Waals surface area contributed by atoms with Crippen molar-refractivity contribution >= 4 is 42.4 Å². The topological polar surface area (TPSA) is 145 Å². The Morgan fingerprint density at radius 2 is 1.17 bits per heavy atom. The first-order chi connectivity index (χ1) is 21.7. The highest BCUT2D eigenvalue weighted by atomic mass is 28.4. The second-order valence-electron chi connectivity index (χ2n) is 12.9. The molecular formula is C36H47N3O6Si. The Hall–Kier alpha value is -4.28. The number of carboxylic acids is 1. The van der Waals surface area contributed by atoms with E-state index >= 15 is 0 Å². The van der Waals surface area contributed by atoms with Crippen LogP contribution >= 0.6 is 0 Å². The largest absolute Gasteiger partial charge is 0.480 e. The molecule has 0 saturated heterocycles. The van der Waals surface area contributed by atoms with Gasteiger partial charge in [-0.25, -0.2) is 4.79 Å². The van der Waals surface area contributed by atoms with Crippen molar-refractivity contribution in [1.82, 2.24) is 16.0 Å². The molecule has 0 aliphatic rings. The fraction of sp³-hybridized carbons (Fsp3) is 0.389. The van der Waals surface area contributed by atoms with Crippen molar-refractivity contribution in [3.63, 3.8) is 0 Å². The zero-order valence-electron chi connectivity index (χ0n) is 27.3. The molecule has 0 saturated carbocycles. The van der Waals surface area contributed by atoms with E-state index in [0.29, 0.717) is 6.42 Å². The van der Waals surface area contributed by atoms with Crippen LogP contribution in [-0.4, -0.2) is 60.0 Å². The van der Waals surface area contributed by atoms with Gasteiger partial charge in [0.15, 0.2) is 0 Å². The lowest BCUT2D eigenvalue weighted by Gasteiger charge is -2.42. The summed E-state index contributed by atoms with van der Waals surface area (Å²) < 4.78 is 0. The van der Waals surface area contributed by atoms with Gasteiger partial charge in [0.05, 0.1) is 0 Å². The summed E-state index contributed by atoms with van der Waals surface area (Å²) in [5, 5.41) is 18.9. The first kappa shape index (κ1) is 36.2. The van der Waals surface area contributed by atoms with E-state index in [9.17, 15) is 29.1 Å². The van der Waals surface area contributed by atoms with E-state index in [0.717, 1.165) is 15.9 Å². The number of rotatable bonds is 16.